The monoisotopic (exact) mass is 333 g/mol. The van der Waals surface area contributed by atoms with Crippen LogP contribution in [0.4, 0.5) is 11.4 Å². The number of carboxylic acids is 1. The first-order chi connectivity index (χ1) is 11.5. The van der Waals surface area contributed by atoms with E-state index in [9.17, 15) is 24.8 Å². The van der Waals surface area contributed by atoms with Crippen LogP contribution in [0.25, 0.3) is 0 Å². The van der Waals surface area contributed by atoms with E-state index in [1.807, 2.05) is 0 Å². The number of furan rings is 1. The number of para-hydroxylation sites is 2. The van der Waals surface area contributed by atoms with E-state index < -0.39 is 22.8 Å². The Balaban J connectivity index is 1.98. The maximum Gasteiger partial charge on any atom is 0.321 e. The highest BCUT2D eigenvalue weighted by Gasteiger charge is 2.23. The summed E-state index contributed by atoms with van der Waals surface area (Å²) in [5, 5.41) is 25.1. The second-order valence-corrected chi connectivity index (χ2v) is 4.88. The number of hydrogen-bond donors (Lipinski definition) is 3. The van der Waals surface area contributed by atoms with E-state index in [0.717, 1.165) is 0 Å². The van der Waals surface area contributed by atoms with Crippen LogP contribution in [-0.2, 0) is 16.1 Å². The number of rotatable bonds is 8. The van der Waals surface area contributed by atoms with Crippen LogP contribution in [0.3, 0.4) is 0 Å². The zero-order chi connectivity index (χ0) is 17.5. The van der Waals surface area contributed by atoms with E-state index in [1.165, 1.54) is 30.5 Å². The van der Waals surface area contributed by atoms with E-state index in [0.29, 0.717) is 5.76 Å². The van der Waals surface area contributed by atoms with Crippen molar-refractivity contribution in [2.75, 3.05) is 5.32 Å². The van der Waals surface area contributed by atoms with Gasteiger partial charge in [-0.25, -0.2) is 0 Å². The number of carbonyl (C=O) groups excluding carboxylic acids is 1. The number of benzene rings is 1. The lowest BCUT2D eigenvalue weighted by Crippen LogP contribution is -2.39. The molecule has 0 saturated heterocycles. The van der Waals surface area contributed by atoms with Crippen LogP contribution in [-0.4, -0.2) is 27.9 Å². The molecule has 24 heavy (non-hydrogen) atoms. The van der Waals surface area contributed by atoms with Gasteiger partial charge in [-0.1, -0.05) is 12.1 Å². The molecule has 0 radical (unpaired) electrons. The standard InChI is InChI=1S/C15H15N3O6/c19-14(17-11-5-1-2-6-13(11)18(22)23)8-12(15(20)21)16-9-10-4-3-7-24-10/h1-7,12,16H,8-9H2,(H,17,19)(H,20,21). The molecule has 1 amide bonds. The van der Waals surface area contributed by atoms with Gasteiger partial charge in [0.15, 0.2) is 0 Å². The van der Waals surface area contributed by atoms with Crippen LogP contribution in [0.1, 0.15) is 12.2 Å². The molecule has 0 bridgehead atoms. The number of nitrogens with one attached hydrogen (secondary N) is 2. The van der Waals surface area contributed by atoms with E-state index in [4.69, 9.17) is 4.42 Å². The number of nitrogens with zero attached hydrogens (tertiary/aromatic N) is 1. The minimum atomic E-state index is -1.21. The summed E-state index contributed by atoms with van der Waals surface area (Å²) in [7, 11) is 0. The lowest BCUT2D eigenvalue weighted by Gasteiger charge is -2.13. The number of nitro benzene ring substituents is 1. The minimum Gasteiger partial charge on any atom is -0.480 e. The van der Waals surface area contributed by atoms with Crippen molar-refractivity contribution in [2.45, 2.75) is 19.0 Å². The lowest BCUT2D eigenvalue weighted by atomic mass is 10.2. The number of aliphatic carboxylic acids is 1. The average molecular weight is 333 g/mol. The molecule has 0 aliphatic carbocycles. The molecule has 2 aromatic rings. The molecule has 0 aliphatic heterocycles. The highest BCUT2D eigenvalue weighted by atomic mass is 16.6. The number of anilines is 1. The summed E-state index contributed by atoms with van der Waals surface area (Å²) in [5.74, 6) is -1.33. The van der Waals surface area contributed by atoms with Gasteiger partial charge in [-0.05, 0) is 18.2 Å². The molecular formula is C15H15N3O6. The third kappa shape index (κ3) is 4.65. The number of amides is 1. The minimum absolute atomic E-state index is 0.0164. The molecule has 1 aromatic carbocycles. The number of carbonyl (C=O) groups is 2. The van der Waals surface area contributed by atoms with Gasteiger partial charge in [0, 0.05) is 6.07 Å². The van der Waals surface area contributed by atoms with Crippen molar-refractivity contribution in [1.82, 2.24) is 5.32 Å². The summed E-state index contributed by atoms with van der Waals surface area (Å²) < 4.78 is 5.08. The van der Waals surface area contributed by atoms with Crippen molar-refractivity contribution in [1.29, 1.82) is 0 Å². The SMILES string of the molecule is O=C(CC(NCc1ccco1)C(=O)O)Nc1ccccc1[N+](=O)[O-]. The van der Waals surface area contributed by atoms with Gasteiger partial charge in [0.05, 0.1) is 24.2 Å². The van der Waals surface area contributed by atoms with Gasteiger partial charge in [0.25, 0.3) is 5.69 Å². The third-order valence-corrected chi connectivity index (χ3v) is 3.17. The Labute approximate surface area is 136 Å². The molecule has 2 rings (SSSR count). The van der Waals surface area contributed by atoms with E-state index in [1.54, 1.807) is 12.1 Å². The van der Waals surface area contributed by atoms with E-state index >= 15 is 0 Å². The second kappa shape index (κ2) is 7.88. The van der Waals surface area contributed by atoms with Crippen LogP contribution in [0.5, 0.6) is 0 Å². The number of hydrogen-bond acceptors (Lipinski definition) is 6. The van der Waals surface area contributed by atoms with Crippen LogP contribution in [0.15, 0.2) is 47.1 Å². The fourth-order valence-electron chi connectivity index (χ4n) is 2.01. The Hall–Kier alpha value is -3.20. The van der Waals surface area contributed by atoms with Crippen molar-refractivity contribution in [2.24, 2.45) is 0 Å². The summed E-state index contributed by atoms with van der Waals surface area (Å²) in [6.07, 6.45) is 1.07. The van der Waals surface area contributed by atoms with Gasteiger partial charge in [-0.15, -0.1) is 0 Å². The van der Waals surface area contributed by atoms with Gasteiger partial charge in [0.1, 0.15) is 17.5 Å². The molecule has 1 heterocycles. The first kappa shape index (κ1) is 17.2. The van der Waals surface area contributed by atoms with Crippen molar-refractivity contribution >= 4 is 23.3 Å². The maximum atomic E-state index is 12.0. The summed E-state index contributed by atoms with van der Waals surface area (Å²) in [5.41, 5.74) is -0.246. The Morgan fingerprint density at radius 2 is 2.00 bits per heavy atom. The summed E-state index contributed by atoms with van der Waals surface area (Å²) in [6.45, 7) is 0.142. The molecule has 0 fully saturated rings. The Morgan fingerprint density at radius 3 is 2.62 bits per heavy atom. The smallest absolute Gasteiger partial charge is 0.321 e. The largest absolute Gasteiger partial charge is 0.480 e. The van der Waals surface area contributed by atoms with Gasteiger partial charge < -0.3 is 14.8 Å². The zero-order valence-corrected chi connectivity index (χ0v) is 12.5. The van der Waals surface area contributed by atoms with Crippen LogP contribution in [0.2, 0.25) is 0 Å². The topological polar surface area (TPSA) is 135 Å². The van der Waals surface area contributed by atoms with Gasteiger partial charge >= 0.3 is 5.97 Å². The highest BCUT2D eigenvalue weighted by Crippen LogP contribution is 2.23. The van der Waals surface area contributed by atoms with Crippen molar-refractivity contribution in [3.63, 3.8) is 0 Å². The fraction of sp³-hybridized carbons (Fsp3) is 0.200. The maximum absolute atomic E-state index is 12.0. The highest BCUT2D eigenvalue weighted by molar-refractivity contribution is 5.95. The van der Waals surface area contributed by atoms with Crippen molar-refractivity contribution in [3.8, 4) is 0 Å². The third-order valence-electron chi connectivity index (χ3n) is 3.17. The molecule has 0 spiro atoms. The summed E-state index contributed by atoms with van der Waals surface area (Å²) >= 11 is 0. The molecule has 1 unspecified atom stereocenters. The Kier molecular flexibility index (Phi) is 5.63. The molecule has 126 valence electrons. The average Bonchev–Trinajstić information content (AvgIpc) is 3.04. The molecule has 3 N–H and O–H groups in total. The van der Waals surface area contributed by atoms with Gasteiger partial charge in [0.2, 0.25) is 5.91 Å². The lowest BCUT2D eigenvalue weighted by molar-refractivity contribution is -0.383. The van der Waals surface area contributed by atoms with Crippen LogP contribution < -0.4 is 10.6 Å². The van der Waals surface area contributed by atoms with Crippen LogP contribution in [0, 0.1) is 10.1 Å². The van der Waals surface area contributed by atoms with Crippen molar-refractivity contribution < 1.29 is 24.0 Å². The zero-order valence-electron chi connectivity index (χ0n) is 12.5. The Morgan fingerprint density at radius 1 is 1.25 bits per heavy atom. The number of carboxylic acid groups (broad SMARTS) is 1. The van der Waals surface area contributed by atoms with E-state index in [2.05, 4.69) is 10.6 Å². The van der Waals surface area contributed by atoms with Crippen LogP contribution >= 0.6 is 0 Å². The molecule has 1 atom stereocenters. The summed E-state index contributed by atoms with van der Waals surface area (Å²) in [4.78, 5) is 33.5. The summed E-state index contributed by atoms with van der Waals surface area (Å²) in [6, 6.07) is 7.80. The molecular weight excluding hydrogens is 318 g/mol. The molecule has 0 saturated carbocycles. The Bertz CT molecular complexity index is 729. The van der Waals surface area contributed by atoms with Gasteiger partial charge in [-0.3, -0.25) is 25.0 Å². The molecule has 9 heteroatoms. The normalized spacial score (nSPS) is 11.7. The first-order valence-corrected chi connectivity index (χ1v) is 6.99. The fourth-order valence-corrected chi connectivity index (χ4v) is 2.01. The van der Waals surface area contributed by atoms with Crippen molar-refractivity contribution in [3.05, 3.63) is 58.5 Å². The molecule has 9 nitrogen and oxygen atoms in total. The van der Waals surface area contributed by atoms with Gasteiger partial charge in [-0.2, -0.15) is 0 Å². The molecule has 1 aromatic heterocycles. The predicted octanol–water partition coefficient (Wildman–Crippen LogP) is 1.76. The van der Waals surface area contributed by atoms with E-state index in [-0.39, 0.29) is 24.3 Å². The predicted molar refractivity (Wildman–Crippen MR) is 83.3 cm³/mol. The quantitative estimate of drug-likeness (QED) is 0.495. The molecule has 0 aliphatic rings. The number of nitro groups is 1. The second-order valence-electron chi connectivity index (χ2n) is 4.88. The first-order valence-electron chi connectivity index (χ1n) is 6.99.